The lowest BCUT2D eigenvalue weighted by Crippen LogP contribution is -2.34. The molecule has 0 bridgehead atoms. The van der Waals surface area contributed by atoms with Crippen LogP contribution in [0, 0.1) is 5.92 Å². The van der Waals surface area contributed by atoms with Crippen LogP contribution in [-0.4, -0.2) is 24.5 Å². The van der Waals surface area contributed by atoms with E-state index in [0.717, 1.165) is 18.9 Å². The molecule has 1 fully saturated rings. The van der Waals surface area contributed by atoms with Crippen molar-refractivity contribution in [3.05, 3.63) is 0 Å². The second-order valence-electron chi connectivity index (χ2n) is 3.35. The highest BCUT2D eigenvalue weighted by Crippen LogP contribution is 2.29. The lowest BCUT2D eigenvalue weighted by Gasteiger charge is -2.27. The number of nitrogens with two attached hydrogens (primary N) is 1. The van der Waals surface area contributed by atoms with Gasteiger partial charge in [-0.25, -0.2) is 4.79 Å². The standard InChI is InChI=1S/C8H16N2O/c1-10(8(9)11)6-5-7-3-2-4-7/h7H,2-6H2,1H3,(H2,9,11). The number of urea groups is 1. The molecule has 1 aliphatic rings. The Kier molecular flexibility index (Phi) is 2.74. The quantitative estimate of drug-likeness (QED) is 0.655. The van der Waals surface area contributed by atoms with Gasteiger partial charge in [-0.05, 0) is 12.3 Å². The highest BCUT2D eigenvalue weighted by molar-refractivity contribution is 5.71. The van der Waals surface area contributed by atoms with Crippen molar-refractivity contribution in [2.75, 3.05) is 13.6 Å². The predicted molar refractivity (Wildman–Crippen MR) is 44.2 cm³/mol. The Morgan fingerprint density at radius 3 is 2.64 bits per heavy atom. The first-order valence-corrected chi connectivity index (χ1v) is 4.20. The number of carbonyl (C=O) groups is 1. The molecule has 64 valence electrons. The Hall–Kier alpha value is -0.730. The zero-order valence-electron chi connectivity index (χ0n) is 7.05. The largest absolute Gasteiger partial charge is 0.351 e. The Morgan fingerprint density at radius 2 is 2.27 bits per heavy atom. The topological polar surface area (TPSA) is 46.3 Å². The van der Waals surface area contributed by atoms with E-state index in [1.807, 2.05) is 0 Å². The molecule has 0 spiro atoms. The SMILES string of the molecule is CN(CCC1CCC1)C(N)=O. The number of rotatable bonds is 3. The van der Waals surface area contributed by atoms with Gasteiger partial charge >= 0.3 is 6.03 Å². The Morgan fingerprint density at radius 1 is 1.64 bits per heavy atom. The Bertz CT molecular complexity index is 143. The number of hydrogen-bond donors (Lipinski definition) is 1. The summed E-state index contributed by atoms with van der Waals surface area (Å²) in [4.78, 5) is 12.1. The molecule has 3 nitrogen and oxygen atoms in total. The summed E-state index contributed by atoms with van der Waals surface area (Å²) in [5.74, 6) is 0.858. The van der Waals surface area contributed by atoms with Gasteiger partial charge in [0.2, 0.25) is 0 Å². The van der Waals surface area contributed by atoms with Crippen molar-refractivity contribution in [1.29, 1.82) is 0 Å². The molecule has 0 heterocycles. The molecule has 1 rings (SSSR count). The van der Waals surface area contributed by atoms with Crippen molar-refractivity contribution in [2.45, 2.75) is 25.7 Å². The molecule has 1 aliphatic carbocycles. The minimum atomic E-state index is -0.315. The van der Waals surface area contributed by atoms with Gasteiger partial charge in [-0.15, -0.1) is 0 Å². The van der Waals surface area contributed by atoms with Gasteiger partial charge in [-0.3, -0.25) is 0 Å². The zero-order valence-corrected chi connectivity index (χ0v) is 7.05. The highest BCUT2D eigenvalue weighted by Gasteiger charge is 2.17. The van der Waals surface area contributed by atoms with Crippen LogP contribution in [0.25, 0.3) is 0 Å². The molecular formula is C8H16N2O. The maximum atomic E-state index is 10.6. The second kappa shape index (κ2) is 3.60. The number of nitrogens with zero attached hydrogens (tertiary/aromatic N) is 1. The summed E-state index contributed by atoms with van der Waals surface area (Å²) in [6.45, 7) is 0.819. The molecule has 0 aromatic rings. The van der Waals surface area contributed by atoms with Gasteiger partial charge in [-0.1, -0.05) is 19.3 Å². The van der Waals surface area contributed by atoms with E-state index in [1.54, 1.807) is 11.9 Å². The second-order valence-corrected chi connectivity index (χ2v) is 3.35. The maximum Gasteiger partial charge on any atom is 0.314 e. The molecule has 3 heteroatoms. The molecule has 11 heavy (non-hydrogen) atoms. The Balaban J connectivity index is 2.05. The van der Waals surface area contributed by atoms with E-state index in [2.05, 4.69) is 0 Å². The fraction of sp³-hybridized carbons (Fsp3) is 0.875. The minimum Gasteiger partial charge on any atom is -0.351 e. The van der Waals surface area contributed by atoms with Crippen LogP contribution in [0.15, 0.2) is 0 Å². The van der Waals surface area contributed by atoms with Crippen molar-refractivity contribution in [2.24, 2.45) is 11.7 Å². The van der Waals surface area contributed by atoms with Crippen LogP contribution in [0.5, 0.6) is 0 Å². The van der Waals surface area contributed by atoms with Crippen LogP contribution in [0.1, 0.15) is 25.7 Å². The van der Waals surface area contributed by atoms with Crippen molar-refractivity contribution in [3.63, 3.8) is 0 Å². The van der Waals surface area contributed by atoms with Crippen LogP contribution < -0.4 is 5.73 Å². The number of primary amides is 1. The van der Waals surface area contributed by atoms with Crippen LogP contribution in [0.3, 0.4) is 0 Å². The van der Waals surface area contributed by atoms with E-state index < -0.39 is 0 Å². The first-order valence-electron chi connectivity index (χ1n) is 4.20. The van der Waals surface area contributed by atoms with Gasteiger partial charge in [0, 0.05) is 13.6 Å². The summed E-state index contributed by atoms with van der Waals surface area (Å²) in [5, 5.41) is 0. The third-order valence-electron chi connectivity index (χ3n) is 2.47. The smallest absolute Gasteiger partial charge is 0.314 e. The number of hydrogen-bond acceptors (Lipinski definition) is 1. The predicted octanol–water partition coefficient (Wildman–Crippen LogP) is 1.19. The van der Waals surface area contributed by atoms with Crippen molar-refractivity contribution in [3.8, 4) is 0 Å². The summed E-state index contributed by atoms with van der Waals surface area (Å²) in [5.41, 5.74) is 5.07. The minimum absolute atomic E-state index is 0.315. The van der Waals surface area contributed by atoms with Crippen molar-refractivity contribution < 1.29 is 4.79 Å². The third-order valence-corrected chi connectivity index (χ3v) is 2.47. The summed E-state index contributed by atoms with van der Waals surface area (Å²) in [6, 6.07) is -0.315. The summed E-state index contributed by atoms with van der Waals surface area (Å²) >= 11 is 0. The van der Waals surface area contributed by atoms with E-state index in [4.69, 9.17) is 5.73 Å². The first kappa shape index (κ1) is 8.37. The van der Waals surface area contributed by atoms with E-state index in [-0.39, 0.29) is 6.03 Å². The summed E-state index contributed by atoms with van der Waals surface area (Å²) in [6.07, 6.45) is 5.17. The van der Waals surface area contributed by atoms with E-state index >= 15 is 0 Å². The fourth-order valence-electron chi connectivity index (χ4n) is 1.27. The lowest BCUT2D eigenvalue weighted by molar-refractivity contribution is 0.206. The zero-order chi connectivity index (χ0) is 8.27. The molecule has 0 aromatic carbocycles. The van der Waals surface area contributed by atoms with Gasteiger partial charge in [-0.2, -0.15) is 0 Å². The summed E-state index contributed by atoms with van der Waals surface area (Å²) < 4.78 is 0. The average molecular weight is 156 g/mol. The maximum absolute atomic E-state index is 10.6. The van der Waals surface area contributed by atoms with Crippen LogP contribution in [0.2, 0.25) is 0 Å². The molecule has 0 saturated heterocycles. The first-order chi connectivity index (χ1) is 5.20. The van der Waals surface area contributed by atoms with Crippen LogP contribution in [-0.2, 0) is 0 Å². The van der Waals surface area contributed by atoms with E-state index in [9.17, 15) is 4.79 Å². The fourth-order valence-corrected chi connectivity index (χ4v) is 1.27. The normalized spacial score (nSPS) is 17.5. The molecule has 0 aromatic heterocycles. The number of amides is 2. The molecule has 1 saturated carbocycles. The molecule has 2 amide bonds. The van der Waals surface area contributed by atoms with Crippen molar-refractivity contribution >= 4 is 6.03 Å². The molecule has 0 unspecified atom stereocenters. The van der Waals surface area contributed by atoms with E-state index in [1.165, 1.54) is 19.3 Å². The molecule has 0 radical (unpaired) electrons. The van der Waals surface area contributed by atoms with E-state index in [0.29, 0.717) is 0 Å². The van der Waals surface area contributed by atoms with Crippen molar-refractivity contribution in [1.82, 2.24) is 4.90 Å². The third kappa shape index (κ3) is 2.41. The summed E-state index contributed by atoms with van der Waals surface area (Å²) in [7, 11) is 1.75. The van der Waals surface area contributed by atoms with Gasteiger partial charge < -0.3 is 10.6 Å². The van der Waals surface area contributed by atoms with Gasteiger partial charge in [0.15, 0.2) is 0 Å². The Labute approximate surface area is 67.5 Å². The van der Waals surface area contributed by atoms with Gasteiger partial charge in [0.25, 0.3) is 0 Å². The average Bonchev–Trinajstić information content (AvgIpc) is 1.83. The lowest BCUT2D eigenvalue weighted by atomic mass is 9.83. The monoisotopic (exact) mass is 156 g/mol. The van der Waals surface area contributed by atoms with Gasteiger partial charge in [0.1, 0.15) is 0 Å². The van der Waals surface area contributed by atoms with Crippen LogP contribution in [0.4, 0.5) is 4.79 Å². The van der Waals surface area contributed by atoms with Gasteiger partial charge in [0.05, 0.1) is 0 Å². The number of carbonyl (C=O) groups excluding carboxylic acids is 1. The molecule has 2 N–H and O–H groups in total. The highest BCUT2D eigenvalue weighted by atomic mass is 16.2. The molecule has 0 atom stereocenters. The molecule has 0 aliphatic heterocycles. The van der Waals surface area contributed by atoms with Crippen LogP contribution >= 0.6 is 0 Å². The molecular weight excluding hydrogens is 140 g/mol.